The van der Waals surface area contributed by atoms with Crippen molar-refractivity contribution >= 4 is 11.2 Å². The first kappa shape index (κ1) is 11.7. The summed E-state index contributed by atoms with van der Waals surface area (Å²) in [5.41, 5.74) is 2.87. The molecule has 3 rings (SSSR count). The molecule has 1 aliphatic heterocycles. The van der Waals surface area contributed by atoms with Crippen LogP contribution in [0.25, 0.3) is 11.2 Å². The van der Waals surface area contributed by atoms with Gasteiger partial charge in [0.15, 0.2) is 5.65 Å². The van der Waals surface area contributed by atoms with Crippen LogP contribution in [0, 0.1) is 6.92 Å². The van der Waals surface area contributed by atoms with Crippen molar-refractivity contribution < 1.29 is 4.74 Å². The first-order chi connectivity index (χ1) is 8.81. The predicted molar refractivity (Wildman–Crippen MR) is 70.5 cm³/mol. The van der Waals surface area contributed by atoms with Gasteiger partial charge in [0.2, 0.25) is 0 Å². The fourth-order valence-electron chi connectivity index (χ4n) is 2.49. The number of H-pyrrole nitrogens is 1. The second-order valence-electron chi connectivity index (χ2n) is 5.03. The fraction of sp³-hybridized carbons (Fsp3) is 0.571. The molecule has 1 atom stereocenters. The van der Waals surface area contributed by atoms with Gasteiger partial charge in [-0.05, 0) is 44.7 Å². The number of hydrogen-bond donors (Lipinski definition) is 1. The van der Waals surface area contributed by atoms with Gasteiger partial charge in [0, 0.05) is 18.7 Å². The molecular formula is C14H19N3O. The molecule has 0 bridgehead atoms. The second kappa shape index (κ2) is 5.06. The van der Waals surface area contributed by atoms with Crippen molar-refractivity contribution in [1.29, 1.82) is 0 Å². The summed E-state index contributed by atoms with van der Waals surface area (Å²) in [4.78, 5) is 12.3. The molecule has 1 aliphatic rings. The molecule has 96 valence electrons. The first-order valence-corrected chi connectivity index (χ1v) is 6.75. The van der Waals surface area contributed by atoms with Crippen molar-refractivity contribution in [3.8, 4) is 0 Å². The summed E-state index contributed by atoms with van der Waals surface area (Å²) < 4.78 is 5.74. The van der Waals surface area contributed by atoms with E-state index in [2.05, 4.69) is 15.0 Å². The molecule has 0 aliphatic carbocycles. The van der Waals surface area contributed by atoms with Gasteiger partial charge in [0.05, 0.1) is 11.6 Å². The molecule has 0 spiro atoms. The van der Waals surface area contributed by atoms with Gasteiger partial charge in [0.25, 0.3) is 0 Å². The van der Waals surface area contributed by atoms with Crippen LogP contribution in [-0.4, -0.2) is 27.7 Å². The normalized spacial score (nSPS) is 20.4. The third-order valence-corrected chi connectivity index (χ3v) is 3.51. The highest BCUT2D eigenvalue weighted by Crippen LogP contribution is 2.18. The van der Waals surface area contributed by atoms with E-state index in [0.29, 0.717) is 6.10 Å². The van der Waals surface area contributed by atoms with Crippen LogP contribution in [0.2, 0.25) is 0 Å². The van der Waals surface area contributed by atoms with Gasteiger partial charge in [-0.1, -0.05) is 0 Å². The third kappa shape index (κ3) is 2.53. The number of imidazole rings is 1. The molecule has 18 heavy (non-hydrogen) atoms. The Morgan fingerprint density at radius 1 is 1.33 bits per heavy atom. The summed E-state index contributed by atoms with van der Waals surface area (Å²) in [7, 11) is 0. The Morgan fingerprint density at radius 3 is 3.11 bits per heavy atom. The Morgan fingerprint density at radius 2 is 2.28 bits per heavy atom. The zero-order chi connectivity index (χ0) is 12.4. The van der Waals surface area contributed by atoms with Gasteiger partial charge in [0.1, 0.15) is 5.82 Å². The number of ether oxygens (including phenoxy) is 1. The Kier molecular flexibility index (Phi) is 3.28. The minimum absolute atomic E-state index is 0.418. The minimum atomic E-state index is 0.418. The SMILES string of the molecule is Cc1ccc2[nH]c(CCC3CCCCO3)nc2n1. The topological polar surface area (TPSA) is 50.8 Å². The lowest BCUT2D eigenvalue weighted by Crippen LogP contribution is -2.19. The van der Waals surface area contributed by atoms with E-state index in [0.717, 1.165) is 42.1 Å². The lowest BCUT2D eigenvalue weighted by atomic mass is 10.0. The van der Waals surface area contributed by atoms with E-state index in [4.69, 9.17) is 4.74 Å². The van der Waals surface area contributed by atoms with Gasteiger partial charge in [-0.2, -0.15) is 0 Å². The number of nitrogens with zero attached hydrogens (tertiary/aromatic N) is 2. The third-order valence-electron chi connectivity index (χ3n) is 3.51. The minimum Gasteiger partial charge on any atom is -0.378 e. The molecule has 0 radical (unpaired) electrons. The summed E-state index contributed by atoms with van der Waals surface area (Å²) in [6.45, 7) is 2.91. The van der Waals surface area contributed by atoms with Crippen molar-refractivity contribution in [1.82, 2.24) is 15.0 Å². The van der Waals surface area contributed by atoms with E-state index in [9.17, 15) is 0 Å². The molecule has 1 saturated heterocycles. The maximum Gasteiger partial charge on any atom is 0.177 e. The number of aryl methyl sites for hydroxylation is 2. The lowest BCUT2D eigenvalue weighted by Gasteiger charge is -2.21. The number of aromatic amines is 1. The van der Waals surface area contributed by atoms with Crippen molar-refractivity contribution in [2.24, 2.45) is 0 Å². The van der Waals surface area contributed by atoms with E-state index in [1.807, 2.05) is 19.1 Å². The fourth-order valence-corrected chi connectivity index (χ4v) is 2.49. The molecule has 3 heterocycles. The molecule has 0 saturated carbocycles. The van der Waals surface area contributed by atoms with Gasteiger partial charge < -0.3 is 9.72 Å². The number of pyridine rings is 1. The lowest BCUT2D eigenvalue weighted by molar-refractivity contribution is 0.0112. The van der Waals surface area contributed by atoms with Crippen LogP contribution < -0.4 is 0 Å². The Bertz CT molecular complexity index is 529. The molecule has 2 aromatic heterocycles. The van der Waals surface area contributed by atoms with Crippen LogP contribution in [0.1, 0.15) is 37.2 Å². The molecule has 1 unspecified atom stereocenters. The van der Waals surface area contributed by atoms with Crippen molar-refractivity contribution in [2.45, 2.75) is 45.1 Å². The molecule has 1 fully saturated rings. The summed E-state index contributed by atoms with van der Waals surface area (Å²) in [6.07, 6.45) is 6.12. The average Bonchev–Trinajstić information content (AvgIpc) is 2.79. The first-order valence-electron chi connectivity index (χ1n) is 6.75. The number of nitrogens with one attached hydrogen (secondary N) is 1. The Hall–Kier alpha value is -1.42. The molecule has 4 nitrogen and oxygen atoms in total. The van der Waals surface area contributed by atoms with Gasteiger partial charge in [-0.15, -0.1) is 0 Å². The van der Waals surface area contributed by atoms with Gasteiger partial charge >= 0.3 is 0 Å². The van der Waals surface area contributed by atoms with E-state index >= 15 is 0 Å². The van der Waals surface area contributed by atoms with Crippen LogP contribution in [-0.2, 0) is 11.2 Å². The maximum atomic E-state index is 5.74. The highest BCUT2D eigenvalue weighted by molar-refractivity contribution is 5.70. The Labute approximate surface area is 107 Å². The van der Waals surface area contributed by atoms with E-state index < -0.39 is 0 Å². The summed E-state index contributed by atoms with van der Waals surface area (Å²) in [5.74, 6) is 1.03. The number of rotatable bonds is 3. The predicted octanol–water partition coefficient (Wildman–Crippen LogP) is 2.77. The van der Waals surface area contributed by atoms with E-state index in [1.165, 1.54) is 19.3 Å². The Balaban J connectivity index is 1.67. The zero-order valence-electron chi connectivity index (χ0n) is 10.8. The van der Waals surface area contributed by atoms with Crippen LogP contribution in [0.3, 0.4) is 0 Å². The number of aromatic nitrogens is 3. The van der Waals surface area contributed by atoms with Gasteiger partial charge in [-0.25, -0.2) is 9.97 Å². The van der Waals surface area contributed by atoms with Crippen molar-refractivity contribution in [3.05, 3.63) is 23.7 Å². The van der Waals surface area contributed by atoms with Crippen molar-refractivity contribution in [2.75, 3.05) is 6.61 Å². The van der Waals surface area contributed by atoms with E-state index in [-0.39, 0.29) is 0 Å². The van der Waals surface area contributed by atoms with E-state index in [1.54, 1.807) is 0 Å². The molecule has 2 aromatic rings. The standard InChI is InChI=1S/C14H19N3O/c1-10-5-7-12-14(15-10)17-13(16-12)8-6-11-4-2-3-9-18-11/h5,7,11H,2-4,6,8-9H2,1H3,(H,15,16,17). The summed E-state index contributed by atoms with van der Waals surface area (Å²) >= 11 is 0. The quantitative estimate of drug-likeness (QED) is 0.904. The van der Waals surface area contributed by atoms with Crippen LogP contribution in [0.4, 0.5) is 0 Å². The number of fused-ring (bicyclic) bond motifs is 1. The van der Waals surface area contributed by atoms with Crippen LogP contribution in [0.5, 0.6) is 0 Å². The van der Waals surface area contributed by atoms with Crippen LogP contribution in [0.15, 0.2) is 12.1 Å². The summed E-state index contributed by atoms with van der Waals surface area (Å²) in [6, 6.07) is 4.06. The van der Waals surface area contributed by atoms with Crippen LogP contribution >= 0.6 is 0 Å². The highest BCUT2D eigenvalue weighted by Gasteiger charge is 2.14. The number of hydrogen-bond acceptors (Lipinski definition) is 3. The molecule has 4 heteroatoms. The molecule has 0 amide bonds. The molecule has 0 aromatic carbocycles. The monoisotopic (exact) mass is 245 g/mol. The summed E-state index contributed by atoms with van der Waals surface area (Å²) in [5, 5.41) is 0. The highest BCUT2D eigenvalue weighted by atomic mass is 16.5. The van der Waals surface area contributed by atoms with Gasteiger partial charge in [-0.3, -0.25) is 0 Å². The van der Waals surface area contributed by atoms with Crippen molar-refractivity contribution in [3.63, 3.8) is 0 Å². The molecule has 1 N–H and O–H groups in total. The smallest absolute Gasteiger partial charge is 0.177 e. The largest absolute Gasteiger partial charge is 0.378 e. The zero-order valence-corrected chi connectivity index (χ0v) is 10.8. The average molecular weight is 245 g/mol. The molecular weight excluding hydrogens is 226 g/mol. The second-order valence-corrected chi connectivity index (χ2v) is 5.03. The maximum absolute atomic E-state index is 5.74.